The van der Waals surface area contributed by atoms with Gasteiger partial charge in [-0.25, -0.2) is 0 Å². The molecule has 3 aromatic heterocycles. The van der Waals surface area contributed by atoms with Crippen molar-refractivity contribution < 1.29 is 0 Å². The SMILES string of the molecule is C1=C(c2ccccc2)CCC(c2ccc(Nc3ccc[nH]3)c(-c3cc4c5c(c3)CCc3c-5c(cc5c6cc(-c7ccc(-c8ccccc8)cc7)ccc6n(-c6cccnc6)c35)CC4)c2)=C1. The van der Waals surface area contributed by atoms with E-state index in [1.54, 1.807) is 0 Å². The predicted molar refractivity (Wildman–Crippen MR) is 271 cm³/mol. The Bertz CT molecular complexity index is 3500. The largest absolute Gasteiger partial charge is 0.348 e. The molecular formula is C61H46N4. The molecule has 2 N–H and O–H groups in total. The van der Waals surface area contributed by atoms with Gasteiger partial charge in [0.05, 0.1) is 22.9 Å². The van der Waals surface area contributed by atoms with E-state index in [0.717, 1.165) is 55.7 Å². The van der Waals surface area contributed by atoms with Crippen molar-refractivity contribution in [2.24, 2.45) is 0 Å². The second-order valence-electron chi connectivity index (χ2n) is 17.9. The van der Waals surface area contributed by atoms with Crippen LogP contribution in [-0.4, -0.2) is 14.5 Å². The second-order valence-corrected chi connectivity index (χ2v) is 17.9. The number of allylic oxidation sites excluding steroid dienone is 4. The zero-order chi connectivity index (χ0) is 42.8. The summed E-state index contributed by atoms with van der Waals surface area (Å²) in [4.78, 5) is 8.01. The summed E-state index contributed by atoms with van der Waals surface area (Å²) in [7, 11) is 0. The first-order valence-corrected chi connectivity index (χ1v) is 23.1. The first-order chi connectivity index (χ1) is 32.2. The molecule has 0 bridgehead atoms. The van der Waals surface area contributed by atoms with Crippen LogP contribution in [0.4, 0.5) is 11.5 Å². The summed E-state index contributed by atoms with van der Waals surface area (Å²) >= 11 is 0. The zero-order valence-corrected chi connectivity index (χ0v) is 36.1. The molecule has 65 heavy (non-hydrogen) atoms. The number of rotatable bonds is 8. The summed E-state index contributed by atoms with van der Waals surface area (Å²) in [5.74, 6) is 0.991. The number of aromatic nitrogens is 3. The molecule has 3 aliphatic rings. The van der Waals surface area contributed by atoms with Gasteiger partial charge in [-0.15, -0.1) is 0 Å². The lowest BCUT2D eigenvalue weighted by atomic mass is 9.73. The molecule has 0 saturated heterocycles. The number of anilines is 2. The molecule has 4 heteroatoms. The summed E-state index contributed by atoms with van der Waals surface area (Å²) in [6, 6.07) is 60.5. The molecule has 0 spiro atoms. The van der Waals surface area contributed by atoms with Gasteiger partial charge in [-0.05, 0) is 177 Å². The number of fused-ring (bicyclic) bond motifs is 4. The van der Waals surface area contributed by atoms with Gasteiger partial charge in [0.2, 0.25) is 0 Å². The minimum atomic E-state index is 0.983. The molecule has 0 amide bonds. The van der Waals surface area contributed by atoms with E-state index >= 15 is 0 Å². The van der Waals surface area contributed by atoms with Crippen molar-refractivity contribution >= 4 is 44.5 Å². The van der Waals surface area contributed by atoms with Crippen LogP contribution in [0.25, 0.3) is 83.1 Å². The normalized spacial score (nSPS) is 14.0. The van der Waals surface area contributed by atoms with Crippen LogP contribution < -0.4 is 5.32 Å². The zero-order valence-electron chi connectivity index (χ0n) is 36.1. The second kappa shape index (κ2) is 15.4. The Morgan fingerprint density at radius 2 is 1.14 bits per heavy atom. The average molecular weight is 835 g/mol. The van der Waals surface area contributed by atoms with E-state index in [-0.39, 0.29) is 0 Å². The number of hydrogen-bond donors (Lipinski definition) is 2. The highest BCUT2D eigenvalue weighted by Crippen LogP contribution is 2.50. The number of benzene rings is 7. The first-order valence-electron chi connectivity index (χ1n) is 23.1. The van der Waals surface area contributed by atoms with Crippen molar-refractivity contribution in [3.63, 3.8) is 0 Å². The Morgan fingerprint density at radius 1 is 0.477 bits per heavy atom. The van der Waals surface area contributed by atoms with Crippen molar-refractivity contribution in [3.8, 4) is 50.2 Å². The molecule has 0 fully saturated rings. The van der Waals surface area contributed by atoms with E-state index in [1.807, 2.05) is 24.7 Å². The molecule has 3 aliphatic carbocycles. The average Bonchev–Trinajstić information content (AvgIpc) is 4.02. The van der Waals surface area contributed by atoms with Gasteiger partial charge in [0.25, 0.3) is 0 Å². The van der Waals surface area contributed by atoms with Gasteiger partial charge in [0.15, 0.2) is 0 Å². The van der Waals surface area contributed by atoms with Crippen molar-refractivity contribution in [1.29, 1.82) is 0 Å². The molecule has 4 nitrogen and oxygen atoms in total. The van der Waals surface area contributed by atoms with Gasteiger partial charge in [-0.1, -0.05) is 121 Å². The summed E-state index contributed by atoms with van der Waals surface area (Å²) in [6.07, 6.45) is 16.6. The van der Waals surface area contributed by atoms with Crippen LogP contribution in [-0.2, 0) is 25.7 Å². The third-order valence-corrected chi connectivity index (χ3v) is 14.2. The molecule has 13 rings (SSSR count). The van der Waals surface area contributed by atoms with Crippen LogP contribution >= 0.6 is 0 Å². The standard InChI is InChI=1S/C61H46N4/c1-3-9-39(10-4-1)41-15-19-43(20-16-41)45-26-29-56(64-58-14-8-32-63-58)53(35-45)50-33-47-23-24-49-37-55-54-36-46(44-21-17-42(18-22-44)40-11-5-2-6-12-40)27-30-57(54)65(51-13-7-31-62-38-51)61(55)52-28-25-48(34-50)59(47)60(49)52/h1-15,17-19,21-22,26-27,29-38,63-64H,16,20,23-25,28H2. The van der Waals surface area contributed by atoms with Gasteiger partial charge in [0, 0.05) is 34.4 Å². The maximum absolute atomic E-state index is 4.63. The van der Waals surface area contributed by atoms with Gasteiger partial charge in [-0.3, -0.25) is 4.98 Å². The molecule has 310 valence electrons. The molecule has 10 aromatic rings. The maximum atomic E-state index is 4.63. The highest BCUT2D eigenvalue weighted by atomic mass is 15.0. The minimum Gasteiger partial charge on any atom is -0.348 e. The van der Waals surface area contributed by atoms with E-state index in [9.17, 15) is 0 Å². The van der Waals surface area contributed by atoms with E-state index in [0.29, 0.717) is 0 Å². The monoisotopic (exact) mass is 834 g/mol. The predicted octanol–water partition coefficient (Wildman–Crippen LogP) is 15.4. The number of hydrogen-bond acceptors (Lipinski definition) is 2. The molecule has 7 aromatic carbocycles. The molecule has 3 heterocycles. The quantitative estimate of drug-likeness (QED) is 0.160. The lowest BCUT2D eigenvalue weighted by molar-refractivity contribution is 0.880. The van der Waals surface area contributed by atoms with Gasteiger partial charge in [-0.2, -0.15) is 0 Å². The van der Waals surface area contributed by atoms with Crippen molar-refractivity contribution in [1.82, 2.24) is 14.5 Å². The Hall–Kier alpha value is -7.95. The Kier molecular flexibility index (Phi) is 8.90. The Labute approximate surface area is 379 Å². The van der Waals surface area contributed by atoms with Gasteiger partial charge < -0.3 is 14.9 Å². The summed E-state index contributed by atoms with van der Waals surface area (Å²) in [5, 5.41) is 6.37. The van der Waals surface area contributed by atoms with E-state index in [4.69, 9.17) is 0 Å². The van der Waals surface area contributed by atoms with Crippen LogP contribution in [0.2, 0.25) is 0 Å². The van der Waals surface area contributed by atoms with Crippen LogP contribution in [0.5, 0.6) is 0 Å². The van der Waals surface area contributed by atoms with Crippen molar-refractivity contribution in [2.45, 2.75) is 38.5 Å². The third kappa shape index (κ3) is 6.47. The molecule has 0 aliphatic heterocycles. The fourth-order valence-corrected chi connectivity index (χ4v) is 11.1. The van der Waals surface area contributed by atoms with E-state index < -0.39 is 0 Å². The van der Waals surface area contributed by atoms with Gasteiger partial charge >= 0.3 is 0 Å². The molecule has 0 atom stereocenters. The summed E-state index contributed by atoms with van der Waals surface area (Å²) in [6.45, 7) is 0. The number of H-pyrrole nitrogens is 1. The van der Waals surface area contributed by atoms with Crippen LogP contribution in [0.15, 0.2) is 195 Å². The van der Waals surface area contributed by atoms with Gasteiger partial charge in [0.1, 0.15) is 5.82 Å². The number of nitrogens with one attached hydrogen (secondary N) is 2. The lowest BCUT2D eigenvalue weighted by Gasteiger charge is -2.31. The molecule has 0 unspecified atom stereocenters. The topological polar surface area (TPSA) is 45.6 Å². The Balaban J connectivity index is 0.937. The number of pyridine rings is 1. The minimum absolute atomic E-state index is 0.983. The van der Waals surface area contributed by atoms with Crippen LogP contribution in [0.3, 0.4) is 0 Å². The smallest absolute Gasteiger partial charge is 0.107 e. The third-order valence-electron chi connectivity index (χ3n) is 14.2. The lowest BCUT2D eigenvalue weighted by Crippen LogP contribution is -2.15. The van der Waals surface area contributed by atoms with Crippen molar-refractivity contribution in [3.05, 3.63) is 228 Å². The highest BCUT2D eigenvalue weighted by Gasteiger charge is 2.31. The molecular weight excluding hydrogens is 789 g/mol. The molecule has 0 radical (unpaired) electrons. The maximum Gasteiger partial charge on any atom is 0.107 e. The molecule has 0 saturated carbocycles. The van der Waals surface area contributed by atoms with Crippen LogP contribution in [0, 0.1) is 0 Å². The van der Waals surface area contributed by atoms with Crippen molar-refractivity contribution in [2.75, 3.05) is 5.32 Å². The summed E-state index contributed by atoms with van der Waals surface area (Å²) < 4.78 is 2.49. The fourth-order valence-electron chi connectivity index (χ4n) is 11.1. The Morgan fingerprint density at radius 3 is 1.85 bits per heavy atom. The number of aryl methyl sites for hydroxylation is 4. The number of nitrogens with zero attached hydrogens (tertiary/aromatic N) is 2. The fraction of sp³-hybridized carbons (Fsp3) is 0.0984. The highest BCUT2D eigenvalue weighted by molar-refractivity contribution is 6.14. The number of aromatic amines is 1. The van der Waals surface area contributed by atoms with Crippen LogP contribution in [0.1, 0.15) is 46.2 Å². The van der Waals surface area contributed by atoms with E-state index in [2.05, 4.69) is 190 Å². The first kappa shape index (κ1) is 37.6. The summed E-state index contributed by atoms with van der Waals surface area (Å²) in [5.41, 5.74) is 26.4. The van der Waals surface area contributed by atoms with E-state index in [1.165, 1.54) is 111 Å².